The highest BCUT2D eigenvalue weighted by atomic mass is 32.1. The average Bonchev–Trinajstić information content (AvgIpc) is 3.26. The van der Waals surface area contributed by atoms with Crippen molar-refractivity contribution in [3.63, 3.8) is 0 Å². The van der Waals surface area contributed by atoms with Crippen LogP contribution in [0.25, 0.3) is 0 Å². The number of thiophene rings is 1. The Labute approximate surface area is 175 Å². The summed E-state index contributed by atoms with van der Waals surface area (Å²) in [6.07, 6.45) is 1.21. The maximum atomic E-state index is 12.8. The summed E-state index contributed by atoms with van der Waals surface area (Å²) in [5.74, 6) is 0.128. The number of fused-ring (bicyclic) bond motifs is 1. The third-order valence-electron chi connectivity index (χ3n) is 5.17. The van der Waals surface area contributed by atoms with E-state index in [1.165, 1.54) is 11.3 Å². The Balaban J connectivity index is 1.69. The second-order valence-corrected chi connectivity index (χ2v) is 9.94. The number of rotatable bonds is 4. The van der Waals surface area contributed by atoms with Gasteiger partial charge in [0.2, 0.25) is 5.88 Å². The second kappa shape index (κ2) is 7.82. The predicted molar refractivity (Wildman–Crippen MR) is 112 cm³/mol. The first-order valence-corrected chi connectivity index (χ1v) is 10.7. The molecule has 7 nitrogen and oxygen atoms in total. The van der Waals surface area contributed by atoms with Crippen molar-refractivity contribution in [2.24, 2.45) is 0 Å². The van der Waals surface area contributed by atoms with Crippen molar-refractivity contribution in [3.05, 3.63) is 33.1 Å². The highest BCUT2D eigenvalue weighted by Gasteiger charge is 2.30. The number of carbonyl (C=O) groups is 2. The second-order valence-electron chi connectivity index (χ2n) is 8.97. The Morgan fingerprint density at radius 1 is 1.31 bits per heavy atom. The lowest BCUT2D eigenvalue weighted by atomic mass is 9.87. The van der Waals surface area contributed by atoms with Gasteiger partial charge < -0.3 is 14.2 Å². The van der Waals surface area contributed by atoms with Crippen LogP contribution < -0.4 is 5.32 Å². The predicted octanol–water partition coefficient (Wildman–Crippen LogP) is 4.97. The van der Waals surface area contributed by atoms with E-state index < -0.39 is 5.60 Å². The SMILES string of the molecule is CCC(C)(C)c1cc(NC(=O)c2csc3c2CCN(C(=O)OC(C)(C)C)C3)on1. The van der Waals surface area contributed by atoms with Crippen LogP contribution in [0.2, 0.25) is 0 Å². The van der Waals surface area contributed by atoms with Crippen molar-refractivity contribution in [1.82, 2.24) is 10.1 Å². The van der Waals surface area contributed by atoms with Crippen LogP contribution in [0.3, 0.4) is 0 Å². The minimum absolute atomic E-state index is 0.112. The molecule has 0 saturated heterocycles. The number of hydrogen-bond donors (Lipinski definition) is 1. The first-order chi connectivity index (χ1) is 13.5. The van der Waals surface area contributed by atoms with Crippen molar-refractivity contribution in [2.45, 2.75) is 71.9 Å². The molecule has 0 unspecified atom stereocenters. The summed E-state index contributed by atoms with van der Waals surface area (Å²) >= 11 is 1.49. The van der Waals surface area contributed by atoms with Gasteiger partial charge >= 0.3 is 6.09 Å². The largest absolute Gasteiger partial charge is 0.444 e. The summed E-state index contributed by atoms with van der Waals surface area (Å²) in [7, 11) is 0. The van der Waals surface area contributed by atoms with Gasteiger partial charge in [0.1, 0.15) is 5.60 Å². The maximum absolute atomic E-state index is 12.8. The number of nitrogens with one attached hydrogen (secondary N) is 1. The zero-order valence-corrected chi connectivity index (χ0v) is 18.7. The number of amides is 2. The molecule has 1 aliphatic heterocycles. The molecular formula is C21H29N3O4S. The van der Waals surface area contributed by atoms with Crippen LogP contribution in [-0.2, 0) is 23.1 Å². The standard InChI is InChI=1S/C21H29N3O4S/c1-7-21(5,6)16-10-17(28-23-16)22-18(25)14-12-29-15-11-24(9-8-13(14)15)19(26)27-20(2,3)4/h10,12H,7-9,11H2,1-6H3,(H,22,25). The van der Waals surface area contributed by atoms with Crippen molar-refractivity contribution in [1.29, 1.82) is 0 Å². The minimum Gasteiger partial charge on any atom is -0.444 e. The van der Waals surface area contributed by atoms with E-state index in [0.29, 0.717) is 31.0 Å². The zero-order valence-electron chi connectivity index (χ0n) is 17.9. The molecule has 2 amide bonds. The maximum Gasteiger partial charge on any atom is 0.410 e. The molecule has 8 heteroatoms. The molecule has 3 heterocycles. The van der Waals surface area contributed by atoms with Gasteiger partial charge in [-0.1, -0.05) is 25.9 Å². The van der Waals surface area contributed by atoms with E-state index in [2.05, 4.69) is 31.2 Å². The van der Waals surface area contributed by atoms with E-state index in [4.69, 9.17) is 9.26 Å². The third kappa shape index (κ3) is 4.80. The van der Waals surface area contributed by atoms with Gasteiger partial charge in [-0.15, -0.1) is 11.3 Å². The number of anilines is 1. The van der Waals surface area contributed by atoms with E-state index in [1.807, 2.05) is 26.2 Å². The minimum atomic E-state index is -0.528. The Hall–Kier alpha value is -2.35. The van der Waals surface area contributed by atoms with E-state index in [9.17, 15) is 9.59 Å². The van der Waals surface area contributed by atoms with Crippen LogP contribution >= 0.6 is 11.3 Å². The van der Waals surface area contributed by atoms with Crippen molar-refractivity contribution in [2.75, 3.05) is 11.9 Å². The van der Waals surface area contributed by atoms with Crippen LogP contribution in [0, 0.1) is 0 Å². The summed E-state index contributed by atoms with van der Waals surface area (Å²) < 4.78 is 10.8. The number of carbonyl (C=O) groups excluding carboxylic acids is 2. The summed E-state index contributed by atoms with van der Waals surface area (Å²) in [6, 6.07) is 1.78. The van der Waals surface area contributed by atoms with Crippen LogP contribution in [0.4, 0.5) is 10.7 Å². The zero-order chi connectivity index (χ0) is 21.4. The summed E-state index contributed by atoms with van der Waals surface area (Å²) in [4.78, 5) is 27.8. The lowest BCUT2D eigenvalue weighted by Gasteiger charge is -2.30. The summed E-state index contributed by atoms with van der Waals surface area (Å²) in [6.45, 7) is 12.8. The molecule has 0 aromatic carbocycles. The Kier molecular flexibility index (Phi) is 5.76. The molecule has 2 aromatic heterocycles. The molecule has 0 atom stereocenters. The lowest BCUT2D eigenvalue weighted by Crippen LogP contribution is -2.39. The molecule has 1 aliphatic rings. The Bertz CT molecular complexity index is 907. The number of ether oxygens (including phenoxy) is 1. The quantitative estimate of drug-likeness (QED) is 0.756. The normalized spacial score (nSPS) is 14.5. The Morgan fingerprint density at radius 2 is 2.03 bits per heavy atom. The van der Waals surface area contributed by atoms with Gasteiger partial charge in [0.05, 0.1) is 17.8 Å². The fourth-order valence-electron chi connectivity index (χ4n) is 3.01. The first kappa shape index (κ1) is 21.4. The van der Waals surface area contributed by atoms with E-state index >= 15 is 0 Å². The highest BCUT2D eigenvalue weighted by Crippen LogP contribution is 2.31. The molecule has 0 fully saturated rings. The van der Waals surface area contributed by atoms with Gasteiger partial charge in [-0.05, 0) is 39.2 Å². The number of nitrogens with zero attached hydrogens (tertiary/aromatic N) is 2. The van der Waals surface area contributed by atoms with Gasteiger partial charge in [0.25, 0.3) is 5.91 Å². The molecule has 2 aromatic rings. The van der Waals surface area contributed by atoms with Gasteiger partial charge in [0, 0.05) is 28.3 Å². The molecule has 0 spiro atoms. The van der Waals surface area contributed by atoms with Crippen molar-refractivity contribution in [3.8, 4) is 0 Å². The monoisotopic (exact) mass is 419 g/mol. The summed E-state index contributed by atoms with van der Waals surface area (Å²) in [5.41, 5.74) is 1.79. The molecule has 0 bridgehead atoms. The third-order valence-corrected chi connectivity index (χ3v) is 6.18. The van der Waals surface area contributed by atoms with Gasteiger partial charge in [-0.25, -0.2) is 4.79 Å². The first-order valence-electron chi connectivity index (χ1n) is 9.86. The fourth-order valence-corrected chi connectivity index (χ4v) is 4.11. The molecule has 0 radical (unpaired) electrons. The van der Waals surface area contributed by atoms with Gasteiger partial charge in [-0.3, -0.25) is 10.1 Å². The van der Waals surface area contributed by atoms with E-state index in [-0.39, 0.29) is 17.4 Å². The molecule has 3 rings (SSSR count). The van der Waals surface area contributed by atoms with Crippen LogP contribution in [-0.4, -0.2) is 34.2 Å². The smallest absolute Gasteiger partial charge is 0.410 e. The molecule has 0 aliphatic carbocycles. The van der Waals surface area contributed by atoms with Crippen molar-refractivity contribution < 1.29 is 18.8 Å². The molecule has 0 saturated carbocycles. The van der Waals surface area contributed by atoms with Crippen molar-refractivity contribution >= 4 is 29.2 Å². The molecular weight excluding hydrogens is 390 g/mol. The van der Waals surface area contributed by atoms with E-state index in [0.717, 1.165) is 22.6 Å². The van der Waals surface area contributed by atoms with Crippen LogP contribution in [0.5, 0.6) is 0 Å². The molecule has 158 valence electrons. The van der Waals surface area contributed by atoms with Crippen LogP contribution in [0.15, 0.2) is 16.0 Å². The lowest BCUT2D eigenvalue weighted by molar-refractivity contribution is 0.0226. The Morgan fingerprint density at radius 3 is 2.69 bits per heavy atom. The van der Waals surface area contributed by atoms with Crippen LogP contribution in [0.1, 0.15) is 74.5 Å². The van der Waals surface area contributed by atoms with E-state index in [1.54, 1.807) is 11.0 Å². The topological polar surface area (TPSA) is 84.7 Å². The number of hydrogen-bond acceptors (Lipinski definition) is 6. The fraction of sp³-hybridized carbons (Fsp3) is 0.571. The summed E-state index contributed by atoms with van der Waals surface area (Å²) in [5, 5.41) is 8.74. The number of aromatic nitrogens is 1. The van der Waals surface area contributed by atoms with Gasteiger partial charge in [0.15, 0.2) is 0 Å². The van der Waals surface area contributed by atoms with Gasteiger partial charge in [-0.2, -0.15) is 0 Å². The average molecular weight is 420 g/mol. The molecule has 29 heavy (non-hydrogen) atoms. The molecule has 1 N–H and O–H groups in total. The highest BCUT2D eigenvalue weighted by molar-refractivity contribution is 7.10.